The van der Waals surface area contributed by atoms with Crippen LogP contribution in [0, 0.1) is 5.41 Å². The molecule has 1 aromatic heterocycles. The van der Waals surface area contributed by atoms with Crippen molar-refractivity contribution in [2.45, 2.75) is 33.7 Å². The maximum atomic E-state index is 11.8. The van der Waals surface area contributed by atoms with E-state index < -0.39 is 0 Å². The Balaban J connectivity index is 2.37. The molecule has 0 saturated heterocycles. The van der Waals surface area contributed by atoms with Gasteiger partial charge in [0.2, 0.25) is 0 Å². The molecular formula is C13H18N2O. The summed E-state index contributed by atoms with van der Waals surface area (Å²) >= 11 is 0. The normalized spacial score (nSPS) is 12.2. The van der Waals surface area contributed by atoms with Crippen molar-refractivity contribution >= 4 is 11.0 Å². The molecule has 0 saturated carbocycles. The van der Waals surface area contributed by atoms with Crippen molar-refractivity contribution in [3.63, 3.8) is 0 Å². The molecule has 16 heavy (non-hydrogen) atoms. The quantitative estimate of drug-likeness (QED) is 0.827. The van der Waals surface area contributed by atoms with Crippen LogP contribution in [0.15, 0.2) is 29.1 Å². The Morgan fingerprint density at radius 3 is 2.62 bits per heavy atom. The van der Waals surface area contributed by atoms with Gasteiger partial charge in [-0.3, -0.25) is 4.57 Å². The summed E-state index contributed by atoms with van der Waals surface area (Å²) in [6.07, 6.45) is 0.995. The summed E-state index contributed by atoms with van der Waals surface area (Å²) in [7, 11) is 0. The van der Waals surface area contributed by atoms with Crippen LogP contribution in [0.3, 0.4) is 0 Å². The number of aromatic nitrogens is 2. The van der Waals surface area contributed by atoms with E-state index in [-0.39, 0.29) is 11.1 Å². The van der Waals surface area contributed by atoms with E-state index in [1.807, 2.05) is 28.8 Å². The number of hydrogen-bond donors (Lipinski definition) is 1. The predicted octanol–water partition coefficient (Wildman–Crippen LogP) is 2.77. The van der Waals surface area contributed by atoms with Gasteiger partial charge >= 0.3 is 5.69 Å². The molecule has 0 amide bonds. The van der Waals surface area contributed by atoms with Crippen molar-refractivity contribution in [2.24, 2.45) is 5.41 Å². The Labute approximate surface area is 95.1 Å². The van der Waals surface area contributed by atoms with Crippen LogP contribution in [0.1, 0.15) is 27.2 Å². The van der Waals surface area contributed by atoms with Gasteiger partial charge in [-0.25, -0.2) is 4.79 Å². The fourth-order valence-corrected chi connectivity index (χ4v) is 1.78. The van der Waals surface area contributed by atoms with E-state index in [0.717, 1.165) is 24.0 Å². The average molecular weight is 218 g/mol. The Morgan fingerprint density at radius 2 is 1.94 bits per heavy atom. The summed E-state index contributed by atoms with van der Waals surface area (Å²) in [5.74, 6) is 0. The number of nitrogens with zero attached hydrogens (tertiary/aromatic N) is 1. The largest absolute Gasteiger partial charge is 0.326 e. The highest BCUT2D eigenvalue weighted by Crippen LogP contribution is 2.20. The number of para-hydroxylation sites is 2. The second-order valence-corrected chi connectivity index (χ2v) is 5.41. The molecule has 0 atom stereocenters. The van der Waals surface area contributed by atoms with Gasteiger partial charge in [0.25, 0.3) is 0 Å². The van der Waals surface area contributed by atoms with Crippen molar-refractivity contribution in [3.8, 4) is 0 Å². The van der Waals surface area contributed by atoms with Crippen LogP contribution < -0.4 is 5.69 Å². The minimum Gasteiger partial charge on any atom is -0.306 e. The zero-order chi connectivity index (χ0) is 11.8. The molecule has 0 aliphatic carbocycles. The molecule has 0 radical (unpaired) electrons. The SMILES string of the molecule is CC(C)(C)CCn1c(=O)[nH]c2ccccc21. The summed E-state index contributed by atoms with van der Waals surface area (Å²) in [4.78, 5) is 14.6. The second kappa shape index (κ2) is 3.81. The Kier molecular flexibility index (Phi) is 2.62. The lowest BCUT2D eigenvalue weighted by Gasteiger charge is -2.17. The minimum atomic E-state index is -0.00884. The Hall–Kier alpha value is -1.51. The fraction of sp³-hybridized carbons (Fsp3) is 0.462. The van der Waals surface area contributed by atoms with Crippen molar-refractivity contribution in [1.29, 1.82) is 0 Å². The molecule has 0 aliphatic rings. The van der Waals surface area contributed by atoms with E-state index >= 15 is 0 Å². The third kappa shape index (κ3) is 2.18. The summed E-state index contributed by atoms with van der Waals surface area (Å²) in [5, 5.41) is 0. The molecule has 3 nitrogen and oxygen atoms in total. The molecule has 1 aromatic carbocycles. The summed E-state index contributed by atoms with van der Waals surface area (Å²) in [5.41, 5.74) is 2.15. The zero-order valence-electron chi connectivity index (χ0n) is 10.1. The zero-order valence-corrected chi connectivity index (χ0v) is 10.1. The number of benzene rings is 1. The first-order valence-electron chi connectivity index (χ1n) is 5.65. The molecule has 2 aromatic rings. The van der Waals surface area contributed by atoms with Gasteiger partial charge in [-0.2, -0.15) is 0 Å². The van der Waals surface area contributed by atoms with E-state index in [0.29, 0.717) is 0 Å². The number of rotatable bonds is 2. The van der Waals surface area contributed by atoms with E-state index in [1.165, 1.54) is 0 Å². The first kappa shape index (κ1) is 11.0. The first-order chi connectivity index (χ1) is 7.47. The topological polar surface area (TPSA) is 37.8 Å². The number of aromatic amines is 1. The first-order valence-corrected chi connectivity index (χ1v) is 5.65. The number of nitrogens with one attached hydrogen (secondary N) is 1. The third-order valence-corrected chi connectivity index (χ3v) is 2.77. The number of aryl methyl sites for hydroxylation is 1. The smallest absolute Gasteiger partial charge is 0.306 e. The molecule has 0 fully saturated rings. The molecule has 0 bridgehead atoms. The van der Waals surface area contributed by atoms with Crippen LogP contribution in [0.4, 0.5) is 0 Å². The molecule has 0 aliphatic heterocycles. The molecule has 0 unspecified atom stereocenters. The van der Waals surface area contributed by atoms with E-state index in [2.05, 4.69) is 25.8 Å². The molecule has 2 rings (SSSR count). The van der Waals surface area contributed by atoms with Crippen molar-refractivity contribution in [2.75, 3.05) is 0 Å². The van der Waals surface area contributed by atoms with Crippen LogP contribution in [0.2, 0.25) is 0 Å². The second-order valence-electron chi connectivity index (χ2n) is 5.41. The lowest BCUT2D eigenvalue weighted by Crippen LogP contribution is -2.20. The Morgan fingerprint density at radius 1 is 1.25 bits per heavy atom. The van der Waals surface area contributed by atoms with Crippen LogP contribution in [0.5, 0.6) is 0 Å². The van der Waals surface area contributed by atoms with Gasteiger partial charge in [0, 0.05) is 6.54 Å². The summed E-state index contributed by atoms with van der Waals surface area (Å²) < 4.78 is 1.82. The minimum absolute atomic E-state index is 0.00884. The number of fused-ring (bicyclic) bond motifs is 1. The molecule has 1 N–H and O–H groups in total. The van der Waals surface area contributed by atoms with E-state index in [4.69, 9.17) is 0 Å². The van der Waals surface area contributed by atoms with E-state index in [9.17, 15) is 4.79 Å². The van der Waals surface area contributed by atoms with E-state index in [1.54, 1.807) is 0 Å². The maximum absolute atomic E-state index is 11.8. The van der Waals surface area contributed by atoms with Crippen molar-refractivity contribution in [3.05, 3.63) is 34.7 Å². The van der Waals surface area contributed by atoms with Gasteiger partial charge < -0.3 is 4.98 Å². The monoisotopic (exact) mass is 218 g/mol. The van der Waals surface area contributed by atoms with Crippen molar-refractivity contribution in [1.82, 2.24) is 9.55 Å². The van der Waals surface area contributed by atoms with Gasteiger partial charge in [-0.05, 0) is 24.0 Å². The number of imidazole rings is 1. The third-order valence-electron chi connectivity index (χ3n) is 2.77. The lowest BCUT2D eigenvalue weighted by molar-refractivity contribution is 0.350. The van der Waals surface area contributed by atoms with Crippen LogP contribution in [-0.4, -0.2) is 9.55 Å². The van der Waals surface area contributed by atoms with Gasteiger partial charge in [-0.15, -0.1) is 0 Å². The average Bonchev–Trinajstić information content (AvgIpc) is 2.49. The highest BCUT2D eigenvalue weighted by Gasteiger charge is 2.12. The highest BCUT2D eigenvalue weighted by atomic mass is 16.1. The van der Waals surface area contributed by atoms with Crippen LogP contribution >= 0.6 is 0 Å². The lowest BCUT2D eigenvalue weighted by atomic mass is 9.92. The summed E-state index contributed by atoms with van der Waals surface area (Å²) in [6.45, 7) is 7.33. The maximum Gasteiger partial charge on any atom is 0.326 e. The standard InChI is InChI=1S/C13H18N2O/c1-13(2,3)8-9-15-11-7-5-4-6-10(11)14-12(15)16/h4-7H,8-9H2,1-3H3,(H,14,16). The Bertz CT molecular complexity index is 543. The van der Waals surface area contributed by atoms with Gasteiger partial charge in [0.1, 0.15) is 0 Å². The van der Waals surface area contributed by atoms with Gasteiger partial charge in [-0.1, -0.05) is 32.9 Å². The predicted molar refractivity (Wildman–Crippen MR) is 66.6 cm³/mol. The number of hydrogen-bond acceptors (Lipinski definition) is 1. The molecule has 86 valence electrons. The molecular weight excluding hydrogens is 200 g/mol. The van der Waals surface area contributed by atoms with Gasteiger partial charge in [0.05, 0.1) is 11.0 Å². The van der Waals surface area contributed by atoms with Crippen LogP contribution in [-0.2, 0) is 6.54 Å². The van der Waals surface area contributed by atoms with Crippen molar-refractivity contribution < 1.29 is 0 Å². The fourth-order valence-electron chi connectivity index (χ4n) is 1.78. The summed E-state index contributed by atoms with van der Waals surface area (Å²) in [6, 6.07) is 7.82. The number of H-pyrrole nitrogens is 1. The molecule has 1 heterocycles. The van der Waals surface area contributed by atoms with Crippen LogP contribution in [0.25, 0.3) is 11.0 Å². The molecule has 0 spiro atoms. The molecule has 3 heteroatoms. The van der Waals surface area contributed by atoms with Gasteiger partial charge in [0.15, 0.2) is 0 Å². The highest BCUT2D eigenvalue weighted by molar-refractivity contribution is 5.74.